The van der Waals surface area contributed by atoms with Gasteiger partial charge in [-0.1, -0.05) is 46.4 Å². The molecule has 0 saturated heterocycles. The van der Waals surface area contributed by atoms with E-state index in [1.165, 1.54) is 12.4 Å². The van der Waals surface area contributed by atoms with E-state index < -0.39 is 23.8 Å². The zero-order chi connectivity index (χ0) is 39.7. The summed E-state index contributed by atoms with van der Waals surface area (Å²) in [6, 6.07) is 16.5. The van der Waals surface area contributed by atoms with Crippen molar-refractivity contribution in [2.75, 3.05) is 11.5 Å². The van der Waals surface area contributed by atoms with E-state index in [0.29, 0.717) is 88.7 Å². The van der Waals surface area contributed by atoms with E-state index >= 15 is 0 Å². The van der Waals surface area contributed by atoms with Gasteiger partial charge < -0.3 is 43.1 Å². The maximum absolute atomic E-state index is 11.8. The fraction of sp³-hybridized carbons (Fsp3) is 0. The predicted octanol–water partition coefficient (Wildman–Crippen LogP) is 5.97. The standard InChI is InChI=1S/2C15H11Cl2N5O.C4H4O4/c2*16-7-1-2-8(10(17)5-7)13-9(14(18)23)6-12(21-13)11-3-4-20-15(19)22-11;5-3(6)1-2-4(7)8/h2*1-6,21H,(H2,18,23)(H2,19,20,22);1-2H,(H,5,6)(H,7,8)/b;;2-1+. The van der Waals surface area contributed by atoms with Crippen LogP contribution in [0.5, 0.6) is 0 Å². The van der Waals surface area contributed by atoms with E-state index in [4.69, 9.17) is 79.6 Å². The van der Waals surface area contributed by atoms with Crippen molar-refractivity contribution in [1.82, 2.24) is 29.9 Å². The molecule has 276 valence electrons. The van der Waals surface area contributed by atoms with E-state index in [-0.39, 0.29) is 11.9 Å². The van der Waals surface area contributed by atoms with Gasteiger partial charge in [-0.2, -0.15) is 0 Å². The molecule has 4 heterocycles. The Labute approximate surface area is 324 Å². The fourth-order valence-electron chi connectivity index (χ4n) is 4.57. The van der Waals surface area contributed by atoms with Crippen LogP contribution >= 0.6 is 46.4 Å². The Morgan fingerprint density at radius 2 is 0.963 bits per heavy atom. The number of amides is 2. The first-order chi connectivity index (χ1) is 25.5. The van der Waals surface area contributed by atoms with Crippen LogP contribution in [0.3, 0.4) is 0 Å². The van der Waals surface area contributed by atoms with Gasteiger partial charge in [-0.15, -0.1) is 0 Å². The lowest BCUT2D eigenvalue weighted by Crippen LogP contribution is -2.11. The summed E-state index contributed by atoms with van der Waals surface area (Å²) in [5.41, 5.74) is 27.1. The van der Waals surface area contributed by atoms with E-state index in [1.54, 1.807) is 60.7 Å². The van der Waals surface area contributed by atoms with Crippen LogP contribution in [0.25, 0.3) is 45.3 Å². The highest BCUT2D eigenvalue weighted by atomic mass is 35.5. The Kier molecular flexibility index (Phi) is 13.3. The largest absolute Gasteiger partial charge is 0.478 e. The van der Waals surface area contributed by atoms with Crippen molar-refractivity contribution >= 4 is 82.1 Å². The number of aromatic amines is 2. The number of primary amides is 2. The number of aliphatic carboxylic acids is 2. The normalized spacial score (nSPS) is 10.5. The second-order valence-electron chi connectivity index (χ2n) is 10.5. The molecule has 0 atom stereocenters. The number of anilines is 2. The number of carbonyl (C=O) groups is 4. The number of carbonyl (C=O) groups excluding carboxylic acids is 2. The molecular weight excluding hydrogens is 786 g/mol. The minimum absolute atomic E-state index is 0.129. The number of aromatic nitrogens is 6. The van der Waals surface area contributed by atoms with Crippen molar-refractivity contribution in [2.45, 2.75) is 0 Å². The summed E-state index contributed by atoms with van der Waals surface area (Å²) in [6.07, 6.45) is 4.17. The molecule has 0 radical (unpaired) electrons. The zero-order valence-corrected chi connectivity index (χ0v) is 30.2. The van der Waals surface area contributed by atoms with E-state index in [2.05, 4.69) is 29.9 Å². The van der Waals surface area contributed by atoms with Crippen molar-refractivity contribution in [1.29, 1.82) is 0 Å². The summed E-state index contributed by atoms with van der Waals surface area (Å²) in [7, 11) is 0. The highest BCUT2D eigenvalue weighted by Crippen LogP contribution is 2.35. The average Bonchev–Trinajstić information content (AvgIpc) is 3.75. The quantitative estimate of drug-likeness (QED) is 0.0826. The smallest absolute Gasteiger partial charge is 0.328 e. The Morgan fingerprint density at radius 1 is 0.593 bits per heavy atom. The van der Waals surface area contributed by atoms with Crippen LogP contribution in [0, 0.1) is 0 Å². The first kappa shape index (κ1) is 40.3. The van der Waals surface area contributed by atoms with Gasteiger partial charge in [0.2, 0.25) is 11.9 Å². The van der Waals surface area contributed by atoms with Crippen molar-refractivity contribution in [3.63, 3.8) is 0 Å². The van der Waals surface area contributed by atoms with Crippen molar-refractivity contribution in [3.8, 4) is 45.3 Å². The van der Waals surface area contributed by atoms with Gasteiger partial charge in [0.15, 0.2) is 0 Å². The van der Waals surface area contributed by atoms with Crippen LogP contribution < -0.4 is 22.9 Å². The van der Waals surface area contributed by atoms with E-state index in [1.807, 2.05) is 0 Å². The van der Waals surface area contributed by atoms with Gasteiger partial charge in [0, 0.05) is 45.7 Å². The van der Waals surface area contributed by atoms with Crippen LogP contribution in [-0.4, -0.2) is 63.9 Å². The topological polar surface area (TPSA) is 296 Å². The highest BCUT2D eigenvalue weighted by Gasteiger charge is 2.20. The number of nitrogens with one attached hydrogen (secondary N) is 2. The molecule has 0 aliphatic rings. The van der Waals surface area contributed by atoms with Crippen molar-refractivity contribution in [3.05, 3.63) is 116 Å². The summed E-state index contributed by atoms with van der Waals surface area (Å²) >= 11 is 24.3. The third kappa shape index (κ3) is 10.5. The molecule has 6 aromatic rings. The van der Waals surface area contributed by atoms with E-state index in [0.717, 1.165) is 0 Å². The number of benzene rings is 2. The van der Waals surface area contributed by atoms with Gasteiger partial charge in [-0.25, -0.2) is 29.5 Å². The number of halogens is 4. The van der Waals surface area contributed by atoms with Crippen molar-refractivity contribution < 1.29 is 29.4 Å². The van der Waals surface area contributed by atoms with Gasteiger partial charge in [-0.05, 0) is 60.7 Å². The fourth-order valence-corrected chi connectivity index (χ4v) is 5.58. The number of carboxylic acids is 2. The lowest BCUT2D eigenvalue weighted by atomic mass is 10.1. The summed E-state index contributed by atoms with van der Waals surface area (Å²) < 4.78 is 0. The third-order valence-electron chi connectivity index (χ3n) is 6.84. The number of carboxylic acid groups (broad SMARTS) is 2. The molecule has 0 bridgehead atoms. The monoisotopic (exact) mass is 810 g/mol. The van der Waals surface area contributed by atoms with Gasteiger partial charge in [0.25, 0.3) is 11.8 Å². The third-order valence-corrected chi connectivity index (χ3v) is 7.93. The molecule has 0 aliphatic heterocycles. The molecule has 12 N–H and O–H groups in total. The molecule has 0 aliphatic carbocycles. The molecule has 0 saturated carbocycles. The van der Waals surface area contributed by atoms with Crippen LogP contribution in [0.1, 0.15) is 20.7 Å². The van der Waals surface area contributed by atoms with Crippen LogP contribution in [0.15, 0.2) is 85.2 Å². The first-order valence-corrected chi connectivity index (χ1v) is 16.3. The summed E-state index contributed by atoms with van der Waals surface area (Å²) in [5, 5.41) is 17.4. The summed E-state index contributed by atoms with van der Waals surface area (Å²) in [6.45, 7) is 0. The minimum atomic E-state index is -1.26. The first-order valence-electron chi connectivity index (χ1n) is 14.8. The molecule has 54 heavy (non-hydrogen) atoms. The number of nitrogens with zero attached hydrogens (tertiary/aromatic N) is 4. The Hall–Kier alpha value is -6.46. The van der Waals surface area contributed by atoms with E-state index in [9.17, 15) is 19.2 Å². The summed E-state index contributed by atoms with van der Waals surface area (Å²) in [5.74, 6) is -3.43. The number of nitrogens with two attached hydrogens (primary N) is 4. The lowest BCUT2D eigenvalue weighted by Gasteiger charge is -2.05. The molecular formula is C34H26Cl4N10O6. The molecule has 0 fully saturated rings. The minimum Gasteiger partial charge on any atom is -0.478 e. The Bertz CT molecular complexity index is 2250. The second kappa shape index (κ2) is 17.8. The van der Waals surface area contributed by atoms with Gasteiger partial charge in [0.05, 0.1) is 55.3 Å². The predicted molar refractivity (Wildman–Crippen MR) is 205 cm³/mol. The van der Waals surface area contributed by atoms with Crippen molar-refractivity contribution in [2.24, 2.45) is 11.5 Å². The molecule has 2 aromatic carbocycles. The maximum Gasteiger partial charge on any atom is 0.328 e. The molecule has 6 rings (SSSR count). The van der Waals surface area contributed by atoms with Crippen LogP contribution in [0.4, 0.5) is 11.9 Å². The van der Waals surface area contributed by atoms with Gasteiger partial charge in [-0.3, -0.25) is 9.59 Å². The number of nitrogen functional groups attached to an aromatic ring is 2. The molecule has 16 nitrogen and oxygen atoms in total. The average molecular weight is 812 g/mol. The number of hydrogen-bond acceptors (Lipinski definition) is 10. The maximum atomic E-state index is 11.8. The number of rotatable bonds is 8. The van der Waals surface area contributed by atoms with Gasteiger partial charge >= 0.3 is 11.9 Å². The second-order valence-corrected chi connectivity index (χ2v) is 12.2. The Morgan fingerprint density at radius 3 is 1.26 bits per heavy atom. The Balaban J connectivity index is 0.000000201. The number of hydrogen-bond donors (Lipinski definition) is 8. The zero-order valence-electron chi connectivity index (χ0n) is 27.2. The molecule has 2 amide bonds. The van der Waals surface area contributed by atoms with Crippen LogP contribution in [-0.2, 0) is 9.59 Å². The molecule has 0 unspecified atom stereocenters. The molecule has 4 aromatic heterocycles. The SMILES string of the molecule is NC(=O)c1cc(-c2ccnc(N)n2)[nH]c1-c1ccc(Cl)cc1Cl.NC(=O)c1cc(-c2ccnc(N)n2)[nH]c1-c1ccc(Cl)cc1Cl.O=C(O)/C=C/C(=O)O. The highest BCUT2D eigenvalue weighted by molar-refractivity contribution is 6.37. The lowest BCUT2D eigenvalue weighted by molar-refractivity contribution is -0.134. The summed E-state index contributed by atoms with van der Waals surface area (Å²) in [4.78, 5) is 64.8. The number of H-pyrrole nitrogens is 2. The van der Waals surface area contributed by atoms with Crippen LogP contribution in [0.2, 0.25) is 20.1 Å². The van der Waals surface area contributed by atoms with Gasteiger partial charge in [0.1, 0.15) is 0 Å². The molecule has 20 heteroatoms. The molecule has 0 spiro atoms.